The van der Waals surface area contributed by atoms with E-state index < -0.39 is 0 Å². The highest BCUT2D eigenvalue weighted by molar-refractivity contribution is 9.10. The van der Waals surface area contributed by atoms with E-state index in [-0.39, 0.29) is 6.04 Å². The molecule has 0 bridgehead atoms. The van der Waals surface area contributed by atoms with Crippen LogP contribution in [-0.4, -0.2) is 39.1 Å². The molecule has 158 valence electrons. The van der Waals surface area contributed by atoms with Gasteiger partial charge in [-0.2, -0.15) is 0 Å². The summed E-state index contributed by atoms with van der Waals surface area (Å²) in [7, 11) is 3.75. The number of hydrogen-bond acceptors (Lipinski definition) is 6. The van der Waals surface area contributed by atoms with Gasteiger partial charge in [-0.25, -0.2) is 14.6 Å². The normalized spacial score (nSPS) is 12.0. The number of benzene rings is 1. The van der Waals surface area contributed by atoms with Gasteiger partial charge in [0, 0.05) is 4.47 Å². The maximum atomic E-state index is 4.58. The minimum Gasteiger partial charge on any atom is -0.337 e. The molecule has 0 aliphatic carbocycles. The lowest BCUT2D eigenvalue weighted by molar-refractivity contribution is 0.453. The van der Waals surface area contributed by atoms with Gasteiger partial charge in [0.2, 0.25) is 0 Å². The van der Waals surface area contributed by atoms with Crippen molar-refractivity contribution in [3.63, 3.8) is 0 Å². The van der Waals surface area contributed by atoms with Gasteiger partial charge in [0.1, 0.15) is 5.82 Å². The fraction of sp³-hybridized carbons (Fsp3) is 0.524. The van der Waals surface area contributed by atoms with E-state index in [0.29, 0.717) is 23.1 Å². The van der Waals surface area contributed by atoms with Gasteiger partial charge in [0.15, 0.2) is 17.0 Å². The standard InChI is InChI=1S/C19H25BrN6.C2H7N/c1-6-7-12(4)26-19-17(24-25-26)18(21-13(5)22-19)23-16-9-8-14(11(2)3)10-15(16)20;1-3-2/h8-12H,6-7H2,1-5H3,(H,21,22,23);3H,1-2H3. The molecule has 1 aromatic carbocycles. The lowest BCUT2D eigenvalue weighted by Gasteiger charge is -2.13. The molecule has 8 heteroatoms. The predicted molar refractivity (Wildman–Crippen MR) is 124 cm³/mol. The minimum atomic E-state index is 0.254. The first-order valence-electron chi connectivity index (χ1n) is 10.1. The summed E-state index contributed by atoms with van der Waals surface area (Å²) in [5.41, 5.74) is 3.70. The van der Waals surface area contributed by atoms with Gasteiger partial charge in [0.05, 0.1) is 11.7 Å². The van der Waals surface area contributed by atoms with Crippen LogP contribution in [0.25, 0.3) is 11.2 Å². The summed E-state index contributed by atoms with van der Waals surface area (Å²) >= 11 is 3.66. The molecule has 3 aromatic rings. The van der Waals surface area contributed by atoms with Crippen LogP contribution >= 0.6 is 15.9 Å². The number of aryl methyl sites for hydroxylation is 1. The summed E-state index contributed by atoms with van der Waals surface area (Å²) in [6.45, 7) is 10.6. The van der Waals surface area contributed by atoms with Crippen molar-refractivity contribution >= 4 is 38.6 Å². The Morgan fingerprint density at radius 3 is 2.41 bits per heavy atom. The molecule has 3 rings (SSSR count). The van der Waals surface area contributed by atoms with Crippen molar-refractivity contribution in [1.82, 2.24) is 30.3 Å². The summed E-state index contributed by atoms with van der Waals surface area (Å²) < 4.78 is 2.90. The Balaban J connectivity index is 0.000000941. The van der Waals surface area contributed by atoms with Crippen LogP contribution in [0.1, 0.15) is 63.9 Å². The van der Waals surface area contributed by atoms with E-state index in [1.54, 1.807) is 0 Å². The fourth-order valence-corrected chi connectivity index (χ4v) is 3.48. The summed E-state index contributed by atoms with van der Waals surface area (Å²) in [6, 6.07) is 6.58. The van der Waals surface area contributed by atoms with E-state index in [9.17, 15) is 0 Å². The molecule has 0 fully saturated rings. The molecule has 0 aliphatic rings. The number of fused-ring (bicyclic) bond motifs is 1. The van der Waals surface area contributed by atoms with Crippen molar-refractivity contribution in [3.05, 3.63) is 34.1 Å². The average molecular weight is 462 g/mol. The number of rotatable bonds is 6. The zero-order valence-corrected chi connectivity index (χ0v) is 20.0. The zero-order valence-electron chi connectivity index (χ0n) is 18.4. The summed E-state index contributed by atoms with van der Waals surface area (Å²) in [4.78, 5) is 9.13. The lowest BCUT2D eigenvalue weighted by atomic mass is 10.0. The number of nitrogens with one attached hydrogen (secondary N) is 2. The van der Waals surface area contributed by atoms with Crippen molar-refractivity contribution in [2.45, 2.75) is 59.4 Å². The van der Waals surface area contributed by atoms with Crippen LogP contribution < -0.4 is 10.6 Å². The molecule has 0 saturated carbocycles. The molecule has 0 radical (unpaired) electrons. The number of nitrogens with zero attached hydrogens (tertiary/aromatic N) is 5. The highest BCUT2D eigenvalue weighted by Crippen LogP contribution is 2.31. The topological polar surface area (TPSA) is 80.6 Å². The van der Waals surface area contributed by atoms with Crippen molar-refractivity contribution < 1.29 is 0 Å². The Labute approximate surface area is 181 Å². The van der Waals surface area contributed by atoms with Crippen LogP contribution in [0.3, 0.4) is 0 Å². The third kappa shape index (κ3) is 5.73. The van der Waals surface area contributed by atoms with Crippen LogP contribution in [0.4, 0.5) is 11.5 Å². The van der Waals surface area contributed by atoms with Crippen molar-refractivity contribution in [2.75, 3.05) is 19.4 Å². The Hall–Kier alpha value is -2.06. The van der Waals surface area contributed by atoms with E-state index in [4.69, 9.17) is 0 Å². The molecule has 1 unspecified atom stereocenters. The summed E-state index contributed by atoms with van der Waals surface area (Å²) in [6.07, 6.45) is 2.12. The molecular weight excluding hydrogens is 430 g/mol. The molecular formula is C21H32BrN7. The first kappa shape index (κ1) is 23.2. The molecule has 2 heterocycles. The van der Waals surface area contributed by atoms with Crippen LogP contribution in [-0.2, 0) is 0 Å². The largest absolute Gasteiger partial charge is 0.337 e. The van der Waals surface area contributed by atoms with E-state index >= 15 is 0 Å². The van der Waals surface area contributed by atoms with E-state index in [0.717, 1.165) is 28.6 Å². The molecule has 2 N–H and O–H groups in total. The monoisotopic (exact) mass is 461 g/mol. The molecule has 0 amide bonds. The predicted octanol–water partition coefficient (Wildman–Crippen LogP) is 5.36. The molecule has 29 heavy (non-hydrogen) atoms. The van der Waals surface area contributed by atoms with Crippen LogP contribution in [0.5, 0.6) is 0 Å². The van der Waals surface area contributed by atoms with Crippen LogP contribution in [0, 0.1) is 6.92 Å². The smallest absolute Gasteiger partial charge is 0.184 e. The maximum Gasteiger partial charge on any atom is 0.184 e. The Bertz CT molecular complexity index is 936. The molecule has 1 atom stereocenters. The van der Waals surface area contributed by atoms with Gasteiger partial charge in [-0.3, -0.25) is 0 Å². The number of hydrogen-bond donors (Lipinski definition) is 2. The first-order chi connectivity index (χ1) is 13.8. The zero-order chi connectivity index (χ0) is 21.6. The number of anilines is 2. The first-order valence-corrected chi connectivity index (χ1v) is 10.9. The van der Waals surface area contributed by atoms with Gasteiger partial charge < -0.3 is 10.6 Å². The highest BCUT2D eigenvalue weighted by atomic mass is 79.9. The fourth-order valence-electron chi connectivity index (χ4n) is 2.98. The van der Waals surface area contributed by atoms with Gasteiger partial charge in [-0.05, 0) is 73.9 Å². The lowest BCUT2D eigenvalue weighted by Crippen LogP contribution is -2.08. The number of halogens is 1. The Kier molecular flexibility index (Phi) is 8.52. The minimum absolute atomic E-state index is 0.254. The molecule has 0 aliphatic heterocycles. The second-order valence-corrected chi connectivity index (χ2v) is 8.34. The van der Waals surface area contributed by atoms with E-state index in [1.807, 2.05) is 25.7 Å². The van der Waals surface area contributed by atoms with Crippen LogP contribution in [0.15, 0.2) is 22.7 Å². The third-order valence-electron chi connectivity index (χ3n) is 4.47. The van der Waals surface area contributed by atoms with Gasteiger partial charge in [-0.1, -0.05) is 38.5 Å². The van der Waals surface area contributed by atoms with Crippen molar-refractivity contribution in [2.24, 2.45) is 0 Å². The van der Waals surface area contributed by atoms with E-state index in [1.165, 1.54) is 5.56 Å². The van der Waals surface area contributed by atoms with Crippen molar-refractivity contribution in [1.29, 1.82) is 0 Å². The molecule has 2 aromatic heterocycles. The second kappa shape index (κ2) is 10.6. The highest BCUT2D eigenvalue weighted by Gasteiger charge is 2.17. The molecule has 0 spiro atoms. The Morgan fingerprint density at radius 2 is 1.83 bits per heavy atom. The second-order valence-electron chi connectivity index (χ2n) is 7.48. The van der Waals surface area contributed by atoms with E-state index in [2.05, 4.69) is 92.7 Å². The third-order valence-corrected chi connectivity index (χ3v) is 5.13. The maximum absolute atomic E-state index is 4.58. The van der Waals surface area contributed by atoms with Gasteiger partial charge in [0.25, 0.3) is 0 Å². The van der Waals surface area contributed by atoms with Crippen molar-refractivity contribution in [3.8, 4) is 0 Å². The molecule has 7 nitrogen and oxygen atoms in total. The SMILES string of the molecule is CCCC(C)n1nnc2c(Nc3ccc(C(C)C)cc3Br)nc(C)nc21.CNC. The summed E-state index contributed by atoms with van der Waals surface area (Å²) in [5, 5.41) is 14.8. The quantitative estimate of drug-likeness (QED) is 0.514. The number of aromatic nitrogens is 5. The molecule has 0 saturated heterocycles. The summed E-state index contributed by atoms with van der Waals surface area (Å²) in [5.74, 6) is 1.86. The van der Waals surface area contributed by atoms with Gasteiger partial charge >= 0.3 is 0 Å². The average Bonchev–Trinajstić information content (AvgIpc) is 3.08. The van der Waals surface area contributed by atoms with Crippen LogP contribution in [0.2, 0.25) is 0 Å². The van der Waals surface area contributed by atoms with Gasteiger partial charge in [-0.15, -0.1) is 5.10 Å². The Morgan fingerprint density at radius 1 is 1.14 bits per heavy atom.